The molecule has 0 saturated carbocycles. The zero-order valence-corrected chi connectivity index (χ0v) is 20.0. The number of hydrogen-bond acceptors (Lipinski definition) is 5. The van der Waals surface area contributed by atoms with Gasteiger partial charge < -0.3 is 9.64 Å². The molecule has 0 spiro atoms. The average molecular weight is 511 g/mol. The number of alkyl halides is 3. The molecule has 0 bridgehead atoms. The highest BCUT2D eigenvalue weighted by Crippen LogP contribution is 2.29. The number of halogens is 3. The average Bonchev–Trinajstić information content (AvgIpc) is 2.80. The number of rotatable bonds is 6. The van der Waals surface area contributed by atoms with Gasteiger partial charge >= 0.3 is 12.1 Å². The summed E-state index contributed by atoms with van der Waals surface area (Å²) in [5, 5.41) is 0. The molecule has 1 heterocycles. The van der Waals surface area contributed by atoms with Gasteiger partial charge in [-0.1, -0.05) is 29.8 Å². The predicted octanol–water partition coefficient (Wildman–Crippen LogP) is 3.41. The van der Waals surface area contributed by atoms with Gasteiger partial charge in [-0.2, -0.15) is 17.5 Å². The lowest BCUT2D eigenvalue weighted by molar-refractivity contribution is -0.148. The van der Waals surface area contributed by atoms with Crippen LogP contribution in [0.1, 0.15) is 22.3 Å². The van der Waals surface area contributed by atoms with Crippen molar-refractivity contribution < 1.29 is 35.9 Å². The van der Waals surface area contributed by atoms with Crippen LogP contribution in [0.4, 0.5) is 13.2 Å². The van der Waals surface area contributed by atoms with Crippen LogP contribution in [0, 0.1) is 13.8 Å². The minimum Gasteiger partial charge on any atom is -0.452 e. The molecule has 1 fully saturated rings. The van der Waals surface area contributed by atoms with Crippen molar-refractivity contribution in [2.24, 2.45) is 0 Å². The quantitative estimate of drug-likeness (QED) is 0.439. The summed E-state index contributed by atoms with van der Waals surface area (Å²) in [5.41, 5.74) is 1.17. The fourth-order valence-electron chi connectivity index (χ4n) is 3.63. The Balaban J connectivity index is 1.48. The summed E-state index contributed by atoms with van der Waals surface area (Å²) in [6.45, 7) is 3.63. The largest absolute Gasteiger partial charge is 0.452 e. The van der Waals surface area contributed by atoms with Gasteiger partial charge in [-0.25, -0.2) is 13.2 Å². The number of hydrogen-bond donors (Lipinski definition) is 0. The molecule has 2 aromatic rings. The van der Waals surface area contributed by atoms with Gasteiger partial charge in [-0.05, 0) is 49.2 Å². The molecule has 1 saturated heterocycles. The Morgan fingerprint density at radius 2 is 1.63 bits per heavy atom. The molecule has 35 heavy (non-hydrogen) atoms. The Labute approximate surface area is 201 Å². The number of benzene rings is 2. The van der Waals surface area contributed by atoms with Crippen LogP contribution in [-0.4, -0.2) is 62.3 Å². The first kappa shape index (κ1) is 26.4. The fourth-order valence-corrected chi connectivity index (χ4v) is 5.25. The van der Waals surface area contributed by atoms with E-state index in [0.717, 1.165) is 23.8 Å². The number of amides is 1. The number of carbonyl (C=O) groups is 2. The number of carbonyl (C=O) groups excluding carboxylic acids is 2. The van der Waals surface area contributed by atoms with Gasteiger partial charge in [0, 0.05) is 32.3 Å². The maximum absolute atomic E-state index is 13.0. The lowest BCUT2D eigenvalue weighted by atomic mass is 10.1. The van der Waals surface area contributed by atoms with E-state index < -0.39 is 40.2 Å². The van der Waals surface area contributed by atoms with Gasteiger partial charge in [0.05, 0.1) is 10.5 Å². The molecular formula is C24H25F3N2O5S. The van der Waals surface area contributed by atoms with Gasteiger partial charge in [-0.3, -0.25) is 4.79 Å². The summed E-state index contributed by atoms with van der Waals surface area (Å²) in [6, 6.07) is 9.33. The number of piperazine rings is 1. The molecule has 0 radical (unpaired) electrons. The molecule has 1 aliphatic heterocycles. The first-order valence-corrected chi connectivity index (χ1v) is 12.2. The molecule has 3 rings (SSSR count). The van der Waals surface area contributed by atoms with Crippen LogP contribution in [0.25, 0.3) is 6.08 Å². The number of sulfonamides is 1. The molecule has 0 aliphatic carbocycles. The van der Waals surface area contributed by atoms with Crippen molar-refractivity contribution in [3.63, 3.8) is 0 Å². The monoisotopic (exact) mass is 510 g/mol. The molecule has 0 atom stereocenters. The van der Waals surface area contributed by atoms with Crippen LogP contribution < -0.4 is 0 Å². The third-order valence-electron chi connectivity index (χ3n) is 5.53. The van der Waals surface area contributed by atoms with Gasteiger partial charge in [0.15, 0.2) is 6.61 Å². The summed E-state index contributed by atoms with van der Waals surface area (Å²) in [5.74, 6) is -1.29. The predicted molar refractivity (Wildman–Crippen MR) is 123 cm³/mol. The van der Waals surface area contributed by atoms with Crippen molar-refractivity contribution >= 4 is 28.0 Å². The topological polar surface area (TPSA) is 84.0 Å². The highest BCUT2D eigenvalue weighted by atomic mass is 32.2. The molecule has 0 aromatic heterocycles. The van der Waals surface area contributed by atoms with Gasteiger partial charge in [0.25, 0.3) is 5.91 Å². The molecule has 0 N–H and O–H groups in total. The zero-order chi connectivity index (χ0) is 25.8. The SMILES string of the molecule is Cc1ccc(S(=O)(=O)N2CCN(C(=O)COC(=O)C=Cc3ccc(C(F)(F)F)cc3)CC2)c(C)c1. The summed E-state index contributed by atoms with van der Waals surface area (Å²) < 4.78 is 69.9. The molecule has 1 amide bonds. The van der Waals surface area contributed by atoms with Crippen LogP contribution in [0.5, 0.6) is 0 Å². The highest BCUT2D eigenvalue weighted by molar-refractivity contribution is 7.89. The maximum atomic E-state index is 13.0. The van der Waals surface area contributed by atoms with E-state index in [9.17, 15) is 31.2 Å². The number of aryl methyl sites for hydroxylation is 2. The Hall–Kier alpha value is -3.18. The van der Waals surface area contributed by atoms with Gasteiger partial charge in [-0.15, -0.1) is 0 Å². The lowest BCUT2D eigenvalue weighted by Gasteiger charge is -2.34. The van der Waals surface area contributed by atoms with Crippen molar-refractivity contribution in [3.05, 3.63) is 70.8 Å². The second-order valence-corrected chi connectivity index (χ2v) is 10.0. The summed E-state index contributed by atoms with van der Waals surface area (Å²) >= 11 is 0. The fraction of sp³-hybridized carbons (Fsp3) is 0.333. The first-order chi connectivity index (χ1) is 16.4. The third kappa shape index (κ3) is 6.70. The Kier molecular flexibility index (Phi) is 8.01. The Morgan fingerprint density at radius 1 is 1.00 bits per heavy atom. The van der Waals surface area contributed by atoms with Crippen LogP contribution >= 0.6 is 0 Å². The minimum absolute atomic E-state index is 0.114. The summed E-state index contributed by atoms with van der Waals surface area (Å²) in [7, 11) is -3.69. The minimum atomic E-state index is -4.45. The van der Waals surface area contributed by atoms with Crippen LogP contribution in [0.2, 0.25) is 0 Å². The molecule has 2 aromatic carbocycles. The molecule has 1 aliphatic rings. The van der Waals surface area contributed by atoms with E-state index in [-0.39, 0.29) is 31.1 Å². The van der Waals surface area contributed by atoms with Crippen molar-refractivity contribution in [1.29, 1.82) is 0 Å². The summed E-state index contributed by atoms with van der Waals surface area (Å²) in [6.07, 6.45) is -2.15. The third-order valence-corrected chi connectivity index (χ3v) is 7.59. The molecule has 7 nitrogen and oxygen atoms in total. The van der Waals surface area contributed by atoms with Crippen molar-refractivity contribution in [3.8, 4) is 0 Å². The van der Waals surface area contributed by atoms with Crippen molar-refractivity contribution in [2.45, 2.75) is 24.9 Å². The number of ether oxygens (including phenoxy) is 1. The molecular weight excluding hydrogens is 485 g/mol. The Bertz CT molecular complexity index is 1220. The van der Waals surface area contributed by atoms with E-state index >= 15 is 0 Å². The standard InChI is InChI=1S/C24H25F3N2O5S/c1-17-3-9-21(18(2)15-17)35(32,33)29-13-11-28(12-14-29)22(30)16-34-23(31)10-6-19-4-7-20(8-5-19)24(25,26)27/h3-10,15H,11-14,16H2,1-2H3. The van der Waals surface area contributed by atoms with E-state index in [0.29, 0.717) is 11.1 Å². The van der Waals surface area contributed by atoms with Crippen LogP contribution in [0.3, 0.4) is 0 Å². The van der Waals surface area contributed by atoms with E-state index in [2.05, 4.69) is 0 Å². The Morgan fingerprint density at radius 3 is 2.20 bits per heavy atom. The zero-order valence-electron chi connectivity index (χ0n) is 19.2. The molecule has 0 unspecified atom stereocenters. The smallest absolute Gasteiger partial charge is 0.416 e. The second-order valence-electron chi connectivity index (χ2n) is 8.11. The van der Waals surface area contributed by atoms with E-state index in [1.54, 1.807) is 25.1 Å². The first-order valence-electron chi connectivity index (χ1n) is 10.8. The van der Waals surface area contributed by atoms with Gasteiger partial charge in [0.1, 0.15) is 0 Å². The normalized spacial score (nSPS) is 15.4. The van der Waals surface area contributed by atoms with Crippen LogP contribution in [0.15, 0.2) is 53.4 Å². The summed E-state index contributed by atoms with van der Waals surface area (Å²) in [4.78, 5) is 25.9. The van der Waals surface area contributed by atoms with Crippen LogP contribution in [-0.2, 0) is 30.5 Å². The number of nitrogens with zero attached hydrogens (tertiary/aromatic N) is 2. The van der Waals surface area contributed by atoms with Gasteiger partial charge in [0.2, 0.25) is 10.0 Å². The van der Waals surface area contributed by atoms with E-state index in [1.807, 2.05) is 6.92 Å². The lowest BCUT2D eigenvalue weighted by Crippen LogP contribution is -2.51. The van der Waals surface area contributed by atoms with Crippen molar-refractivity contribution in [2.75, 3.05) is 32.8 Å². The highest BCUT2D eigenvalue weighted by Gasteiger charge is 2.31. The molecule has 188 valence electrons. The number of esters is 1. The van der Waals surface area contributed by atoms with E-state index in [4.69, 9.17) is 4.74 Å². The van der Waals surface area contributed by atoms with Crippen molar-refractivity contribution in [1.82, 2.24) is 9.21 Å². The van der Waals surface area contributed by atoms with E-state index in [1.165, 1.54) is 27.4 Å². The molecule has 11 heteroatoms. The maximum Gasteiger partial charge on any atom is 0.416 e. The second kappa shape index (κ2) is 10.6.